The molecule has 1 aromatic heterocycles. The van der Waals surface area contributed by atoms with E-state index in [4.69, 9.17) is 20.8 Å². The third-order valence-corrected chi connectivity index (χ3v) is 6.95. The lowest BCUT2D eigenvalue weighted by Crippen LogP contribution is -2.29. The lowest BCUT2D eigenvalue weighted by molar-refractivity contribution is 0.0971. The minimum atomic E-state index is -0.659. The second-order valence-corrected chi connectivity index (χ2v) is 9.86. The summed E-state index contributed by atoms with van der Waals surface area (Å²) in [6, 6.07) is 17.6. The van der Waals surface area contributed by atoms with Crippen molar-refractivity contribution in [2.24, 2.45) is 0 Å². The number of hydrogen-bond donors (Lipinski definition) is 0. The molecule has 0 saturated carbocycles. The Kier molecular flexibility index (Phi) is 5.74. The number of hydrogen-bond acceptors (Lipinski definition) is 4. The van der Waals surface area contributed by atoms with Gasteiger partial charge in [0.25, 0.3) is 5.91 Å². The number of anilines is 1. The normalized spacial score (nSPS) is 15.3. The molecule has 1 aliphatic rings. The summed E-state index contributed by atoms with van der Waals surface area (Å²) >= 11 is 9.82. The highest BCUT2D eigenvalue weighted by molar-refractivity contribution is 9.10. The Labute approximate surface area is 210 Å². The van der Waals surface area contributed by atoms with Gasteiger partial charge < -0.3 is 9.15 Å². The molecule has 5 rings (SSSR count). The zero-order valence-corrected chi connectivity index (χ0v) is 21.1. The molecule has 0 N–H and O–H groups in total. The van der Waals surface area contributed by atoms with Crippen LogP contribution in [0.5, 0.6) is 5.75 Å². The summed E-state index contributed by atoms with van der Waals surface area (Å²) in [5, 5.41) is 0.783. The third-order valence-electron chi connectivity index (χ3n) is 6.16. The van der Waals surface area contributed by atoms with Gasteiger partial charge in [-0.1, -0.05) is 65.6 Å². The molecule has 1 atom stereocenters. The van der Waals surface area contributed by atoms with E-state index in [9.17, 15) is 9.59 Å². The van der Waals surface area contributed by atoms with Crippen LogP contribution in [0.25, 0.3) is 11.0 Å². The number of methoxy groups -OCH3 is 1. The summed E-state index contributed by atoms with van der Waals surface area (Å²) in [5.74, 6) is 0.507. The average molecular weight is 539 g/mol. The maximum absolute atomic E-state index is 13.7. The maximum Gasteiger partial charge on any atom is 0.295 e. The Morgan fingerprint density at radius 1 is 1.03 bits per heavy atom. The molecule has 5 nitrogen and oxygen atoms in total. The smallest absolute Gasteiger partial charge is 0.295 e. The van der Waals surface area contributed by atoms with Gasteiger partial charge in [0.05, 0.1) is 29.1 Å². The van der Waals surface area contributed by atoms with E-state index in [1.165, 1.54) is 12.7 Å². The van der Waals surface area contributed by atoms with Crippen molar-refractivity contribution in [3.63, 3.8) is 0 Å². The maximum atomic E-state index is 13.7. The molecule has 3 aromatic carbocycles. The van der Waals surface area contributed by atoms with Crippen molar-refractivity contribution in [1.29, 1.82) is 0 Å². The van der Waals surface area contributed by atoms with Crippen LogP contribution in [-0.2, 0) is 0 Å². The topological polar surface area (TPSA) is 59.8 Å². The predicted molar refractivity (Wildman–Crippen MR) is 137 cm³/mol. The molecule has 0 aliphatic carbocycles. The number of fused-ring (bicyclic) bond motifs is 2. The van der Waals surface area contributed by atoms with Gasteiger partial charge in [0.15, 0.2) is 5.43 Å². The molecule has 1 aliphatic heterocycles. The first-order valence-electron chi connectivity index (χ1n) is 10.8. The molecule has 1 unspecified atom stereocenters. The monoisotopic (exact) mass is 537 g/mol. The summed E-state index contributed by atoms with van der Waals surface area (Å²) in [4.78, 5) is 29.0. The van der Waals surface area contributed by atoms with E-state index in [2.05, 4.69) is 29.8 Å². The summed E-state index contributed by atoms with van der Waals surface area (Å²) in [6.45, 7) is 4.24. The lowest BCUT2D eigenvalue weighted by atomic mass is 9.95. The molecule has 0 bridgehead atoms. The van der Waals surface area contributed by atoms with Crippen LogP contribution in [0.1, 0.15) is 53.1 Å². The number of rotatable bonds is 4. The molecule has 1 amide bonds. The number of nitrogens with zero attached hydrogens (tertiary/aromatic N) is 1. The fourth-order valence-corrected chi connectivity index (χ4v) is 5.01. The van der Waals surface area contributed by atoms with E-state index >= 15 is 0 Å². The van der Waals surface area contributed by atoms with Crippen LogP contribution in [0.4, 0.5) is 5.69 Å². The predicted octanol–water partition coefficient (Wildman–Crippen LogP) is 7.09. The van der Waals surface area contributed by atoms with Gasteiger partial charge in [-0.3, -0.25) is 14.5 Å². The van der Waals surface area contributed by atoms with E-state index in [1.54, 1.807) is 41.3 Å². The average Bonchev–Trinajstić information content (AvgIpc) is 3.12. The van der Waals surface area contributed by atoms with Gasteiger partial charge in [-0.25, -0.2) is 0 Å². The van der Waals surface area contributed by atoms with Crippen LogP contribution in [-0.4, -0.2) is 13.0 Å². The Morgan fingerprint density at radius 2 is 1.76 bits per heavy atom. The number of ether oxygens (including phenoxy) is 1. The van der Waals surface area contributed by atoms with E-state index < -0.39 is 11.9 Å². The molecule has 0 spiro atoms. The largest absolute Gasteiger partial charge is 0.495 e. The Morgan fingerprint density at radius 3 is 2.41 bits per heavy atom. The van der Waals surface area contributed by atoms with E-state index in [1.807, 2.05) is 24.3 Å². The van der Waals surface area contributed by atoms with Crippen molar-refractivity contribution in [2.75, 3.05) is 12.0 Å². The van der Waals surface area contributed by atoms with Crippen LogP contribution in [0.2, 0.25) is 5.02 Å². The molecular formula is C27H21BrClNO4. The van der Waals surface area contributed by atoms with Gasteiger partial charge in [0, 0.05) is 10.2 Å². The number of amides is 1. The van der Waals surface area contributed by atoms with Gasteiger partial charge in [-0.05, 0) is 53.4 Å². The van der Waals surface area contributed by atoms with Crippen molar-refractivity contribution in [3.8, 4) is 5.75 Å². The summed E-state index contributed by atoms with van der Waals surface area (Å²) in [5.41, 5.74) is 2.98. The van der Waals surface area contributed by atoms with Crippen molar-refractivity contribution >= 4 is 50.1 Å². The van der Waals surface area contributed by atoms with Crippen molar-refractivity contribution < 1.29 is 13.9 Å². The fourth-order valence-electron chi connectivity index (χ4n) is 4.40. The summed E-state index contributed by atoms with van der Waals surface area (Å²) in [6.07, 6.45) is 0. The Hall–Kier alpha value is -3.09. The van der Waals surface area contributed by atoms with Gasteiger partial charge in [-0.2, -0.15) is 0 Å². The van der Waals surface area contributed by atoms with Crippen LogP contribution >= 0.6 is 27.5 Å². The molecule has 34 heavy (non-hydrogen) atoms. The van der Waals surface area contributed by atoms with Crippen molar-refractivity contribution in [3.05, 3.63) is 103 Å². The SMILES string of the molecule is COc1ccc(N2C(=O)c3oc4ccc(Br)cc4c(=O)c3C2c2ccc(C(C)C)cc2)cc1Cl. The Balaban J connectivity index is 1.77. The zero-order valence-electron chi connectivity index (χ0n) is 18.8. The van der Waals surface area contributed by atoms with Crippen LogP contribution in [0.15, 0.2) is 74.3 Å². The van der Waals surface area contributed by atoms with Crippen molar-refractivity contribution in [1.82, 2.24) is 0 Å². The first-order chi connectivity index (χ1) is 16.3. The highest BCUT2D eigenvalue weighted by atomic mass is 79.9. The third kappa shape index (κ3) is 3.62. The van der Waals surface area contributed by atoms with Crippen LogP contribution in [0.3, 0.4) is 0 Å². The summed E-state index contributed by atoms with van der Waals surface area (Å²) in [7, 11) is 1.53. The minimum absolute atomic E-state index is 0.0460. The first-order valence-corrected chi connectivity index (χ1v) is 12.0. The van der Waals surface area contributed by atoms with E-state index in [-0.39, 0.29) is 11.2 Å². The molecule has 4 aromatic rings. The minimum Gasteiger partial charge on any atom is -0.495 e. The molecule has 0 radical (unpaired) electrons. The lowest BCUT2D eigenvalue weighted by Gasteiger charge is -2.26. The van der Waals surface area contributed by atoms with E-state index in [0.29, 0.717) is 38.9 Å². The number of carbonyl (C=O) groups excluding carboxylic acids is 1. The second kappa shape index (κ2) is 8.60. The molecule has 0 saturated heterocycles. The zero-order chi connectivity index (χ0) is 24.1. The van der Waals surface area contributed by atoms with E-state index in [0.717, 1.165) is 10.0 Å². The highest BCUT2D eigenvalue weighted by Crippen LogP contribution is 2.43. The van der Waals surface area contributed by atoms with Gasteiger partial charge in [0.2, 0.25) is 5.76 Å². The quantitative estimate of drug-likeness (QED) is 0.278. The van der Waals surface area contributed by atoms with Crippen LogP contribution < -0.4 is 15.1 Å². The summed E-state index contributed by atoms with van der Waals surface area (Å²) < 4.78 is 12.1. The molecule has 172 valence electrons. The number of carbonyl (C=O) groups is 1. The standard InChI is InChI=1S/C27H21BrClNO4/c1-14(2)15-4-6-16(7-5-15)24-23-25(31)19-12-17(28)8-10-21(19)34-26(23)27(32)30(24)18-9-11-22(33-3)20(29)13-18/h4-14,24H,1-3H3. The number of benzene rings is 3. The van der Waals surface area contributed by atoms with Crippen LogP contribution in [0, 0.1) is 0 Å². The second-order valence-electron chi connectivity index (χ2n) is 8.53. The molecule has 2 heterocycles. The van der Waals surface area contributed by atoms with Crippen molar-refractivity contribution in [2.45, 2.75) is 25.8 Å². The molecule has 0 fully saturated rings. The Bertz CT molecular complexity index is 1490. The fraction of sp³-hybridized carbons (Fsp3) is 0.185. The van der Waals surface area contributed by atoms with Gasteiger partial charge in [0.1, 0.15) is 11.3 Å². The van der Waals surface area contributed by atoms with Gasteiger partial charge >= 0.3 is 0 Å². The first kappa shape index (κ1) is 22.7. The highest BCUT2D eigenvalue weighted by Gasteiger charge is 2.43. The number of halogens is 2. The van der Waals surface area contributed by atoms with Gasteiger partial charge in [-0.15, -0.1) is 0 Å². The molecular weight excluding hydrogens is 518 g/mol. The molecule has 7 heteroatoms.